The molecule has 0 N–H and O–H groups in total. The van der Waals surface area contributed by atoms with Crippen LogP contribution in [-0.4, -0.2) is 0 Å². The van der Waals surface area contributed by atoms with E-state index in [9.17, 15) is 0 Å². The van der Waals surface area contributed by atoms with Crippen LogP contribution < -0.4 is 9.80 Å². The van der Waals surface area contributed by atoms with Crippen LogP contribution in [0.2, 0.25) is 0 Å². The maximum absolute atomic E-state index is 6.82. The molecule has 0 bridgehead atoms. The van der Waals surface area contributed by atoms with Gasteiger partial charge in [0.2, 0.25) is 0 Å². The highest BCUT2D eigenvalue weighted by atomic mass is 16.5. The minimum atomic E-state index is 0.506. The Labute approximate surface area is 483 Å². The second kappa shape index (κ2) is 21.2. The number of anilines is 6. The molecule has 1 aromatic heterocycles. The predicted molar refractivity (Wildman–Crippen MR) is 349 cm³/mol. The maximum atomic E-state index is 6.82. The van der Waals surface area contributed by atoms with E-state index in [1.54, 1.807) is 0 Å². The summed E-state index contributed by atoms with van der Waals surface area (Å²) in [4.78, 5) is 4.80. The van der Waals surface area contributed by atoms with Crippen molar-refractivity contribution in [3.63, 3.8) is 0 Å². The lowest BCUT2D eigenvalue weighted by Gasteiger charge is -2.31. The van der Waals surface area contributed by atoms with E-state index in [1.807, 2.05) is 0 Å². The van der Waals surface area contributed by atoms with Crippen LogP contribution in [0.25, 0.3) is 98.4 Å². The van der Waals surface area contributed by atoms with Crippen molar-refractivity contribution < 1.29 is 9.15 Å². The molecule has 0 saturated carbocycles. The van der Waals surface area contributed by atoms with Crippen molar-refractivity contribution in [1.82, 2.24) is 0 Å². The zero-order valence-corrected chi connectivity index (χ0v) is 45.9. The minimum absolute atomic E-state index is 0.506. The van der Waals surface area contributed by atoms with Crippen LogP contribution in [0, 0.1) is 6.92 Å². The Hall–Kier alpha value is -10.5. The van der Waals surface area contributed by atoms with Crippen molar-refractivity contribution >= 4 is 99.2 Å². The number of hydrogen-bond donors (Lipinski definition) is 0. The summed E-state index contributed by atoms with van der Waals surface area (Å²) in [5.41, 5.74) is 18.4. The molecule has 394 valence electrons. The van der Waals surface area contributed by atoms with Crippen molar-refractivity contribution in [3.8, 4) is 33.4 Å². The van der Waals surface area contributed by atoms with Gasteiger partial charge >= 0.3 is 0 Å². The summed E-state index contributed by atoms with van der Waals surface area (Å²) in [5.74, 6) is 0. The molecule has 0 unspecified atom stereocenters. The molecule has 0 aliphatic carbocycles. The van der Waals surface area contributed by atoms with Gasteiger partial charge in [-0.1, -0.05) is 218 Å². The van der Waals surface area contributed by atoms with E-state index in [0.717, 1.165) is 111 Å². The quantitative estimate of drug-likeness (QED) is 0.108. The van der Waals surface area contributed by atoms with Gasteiger partial charge in [-0.2, -0.15) is 0 Å². The highest BCUT2D eigenvalue weighted by Gasteiger charge is 2.22. The van der Waals surface area contributed by atoms with Gasteiger partial charge in [0.15, 0.2) is 0 Å². The second-order valence-corrected chi connectivity index (χ2v) is 21.7. The summed E-state index contributed by atoms with van der Waals surface area (Å²) in [5, 5.41) is 11.7. The fourth-order valence-electron chi connectivity index (χ4n) is 12.3. The van der Waals surface area contributed by atoms with E-state index in [-0.39, 0.29) is 0 Å². The first kappa shape index (κ1) is 49.5. The first-order valence-corrected chi connectivity index (χ1v) is 28.5. The lowest BCUT2D eigenvalue weighted by atomic mass is 9.92. The average molecular weight is 1070 g/mol. The zero-order chi connectivity index (χ0) is 55.2. The monoisotopic (exact) mass is 1060 g/mol. The van der Waals surface area contributed by atoms with Crippen LogP contribution in [0.5, 0.6) is 0 Å². The molecule has 0 atom stereocenters. The van der Waals surface area contributed by atoms with E-state index in [2.05, 4.69) is 314 Å². The van der Waals surface area contributed by atoms with Gasteiger partial charge in [-0.05, 0) is 174 Å². The van der Waals surface area contributed by atoms with Crippen molar-refractivity contribution in [1.29, 1.82) is 0 Å². The Bertz CT molecular complexity index is 4890. The molecule has 0 amide bonds. The van der Waals surface area contributed by atoms with Gasteiger partial charge in [-0.25, -0.2) is 0 Å². The van der Waals surface area contributed by atoms with Crippen LogP contribution in [0.15, 0.2) is 302 Å². The molecule has 15 aromatic rings. The number of furan rings is 1. The van der Waals surface area contributed by atoms with Gasteiger partial charge in [-0.3, -0.25) is 0 Å². The van der Waals surface area contributed by atoms with Crippen molar-refractivity contribution in [2.45, 2.75) is 20.1 Å². The maximum Gasteiger partial charge on any atom is 0.143 e. The highest BCUT2D eigenvalue weighted by Crippen LogP contribution is 2.47. The molecule has 0 radical (unpaired) electrons. The second-order valence-electron chi connectivity index (χ2n) is 21.7. The van der Waals surface area contributed by atoms with Crippen LogP contribution >= 0.6 is 0 Å². The molecule has 0 spiro atoms. The van der Waals surface area contributed by atoms with Gasteiger partial charge in [-0.15, -0.1) is 0 Å². The van der Waals surface area contributed by atoms with E-state index in [0.29, 0.717) is 13.2 Å². The summed E-state index contributed by atoms with van der Waals surface area (Å²) in [6, 6.07) is 108. The third-order valence-electron chi connectivity index (χ3n) is 16.3. The number of aryl methyl sites for hydroxylation is 1. The lowest BCUT2D eigenvalue weighted by molar-refractivity contribution is 0.107. The summed E-state index contributed by atoms with van der Waals surface area (Å²) < 4.78 is 13.1. The van der Waals surface area contributed by atoms with Gasteiger partial charge in [0.25, 0.3) is 0 Å². The van der Waals surface area contributed by atoms with Gasteiger partial charge < -0.3 is 19.0 Å². The number of benzene rings is 14. The predicted octanol–water partition coefficient (Wildman–Crippen LogP) is 22.2. The molecule has 0 saturated heterocycles. The summed E-state index contributed by atoms with van der Waals surface area (Å²) in [7, 11) is 0. The molecule has 15 rings (SSSR count). The Kier molecular flexibility index (Phi) is 12.6. The third-order valence-corrected chi connectivity index (χ3v) is 16.3. The fourth-order valence-corrected chi connectivity index (χ4v) is 12.3. The largest absolute Gasteiger partial charge is 0.455 e. The zero-order valence-electron chi connectivity index (χ0n) is 45.9. The van der Waals surface area contributed by atoms with E-state index in [4.69, 9.17) is 9.15 Å². The Balaban J connectivity index is 0.885. The molecule has 83 heavy (non-hydrogen) atoms. The van der Waals surface area contributed by atoms with E-state index in [1.165, 1.54) is 38.1 Å². The third kappa shape index (κ3) is 9.41. The summed E-state index contributed by atoms with van der Waals surface area (Å²) >= 11 is 0. The molecule has 0 fully saturated rings. The SMILES string of the molecule is Cc1ccc(COCc2ccc(N(c3cc(-c4ccc5cc(-c6cccc7oc8c9ccccc9c9ccccc9c8c67)ccc5c4)cc(N(c4ccccc4)c4cccc(-c5ccccc5)c4)c3)c3ccc4ccccc4c3)cc2)cc1. The smallest absolute Gasteiger partial charge is 0.143 e. The Morgan fingerprint density at radius 1 is 0.301 bits per heavy atom. The molecule has 4 heteroatoms. The molecule has 1 heterocycles. The fraction of sp³-hybridized carbons (Fsp3) is 0.0380. The number of hydrogen-bond acceptors (Lipinski definition) is 4. The number of fused-ring (bicyclic) bond motifs is 10. The standard InChI is InChI=1S/C79H56N2O2/c1-53-30-32-54(33-31-53)51-82-52-55-34-41-66(42-35-55)81(68-43-40-57-18-8-9-19-58(57)47-68)70-49-64(48-69(50-70)80(65-21-6-3-7-22-65)67-23-14-20-59(46-67)56-16-4-2-5-17-56)62-37-36-61-45-63(39-38-60(61)44-62)71-28-15-29-76-77(71)78-74-26-12-10-24-72(74)73-25-11-13-27-75(73)79(78)83-76/h2-50H,51-52H2,1H3. The van der Waals surface area contributed by atoms with Crippen LogP contribution in [0.4, 0.5) is 34.1 Å². The number of para-hydroxylation sites is 1. The van der Waals surface area contributed by atoms with Gasteiger partial charge in [0.05, 0.1) is 13.2 Å². The molecule has 0 aliphatic heterocycles. The molecule has 4 nitrogen and oxygen atoms in total. The number of rotatable bonds is 13. The first-order chi connectivity index (χ1) is 41.0. The lowest BCUT2D eigenvalue weighted by Crippen LogP contribution is -2.14. The Morgan fingerprint density at radius 3 is 1.53 bits per heavy atom. The Morgan fingerprint density at radius 2 is 0.795 bits per heavy atom. The first-order valence-electron chi connectivity index (χ1n) is 28.5. The van der Waals surface area contributed by atoms with Gasteiger partial charge in [0, 0.05) is 50.3 Å². The summed E-state index contributed by atoms with van der Waals surface area (Å²) in [6.07, 6.45) is 0. The highest BCUT2D eigenvalue weighted by molar-refractivity contribution is 6.32. The molecule has 14 aromatic carbocycles. The van der Waals surface area contributed by atoms with Crippen LogP contribution in [-0.2, 0) is 18.0 Å². The minimum Gasteiger partial charge on any atom is -0.455 e. The van der Waals surface area contributed by atoms with E-state index >= 15 is 0 Å². The van der Waals surface area contributed by atoms with Crippen LogP contribution in [0.3, 0.4) is 0 Å². The number of nitrogens with zero attached hydrogens (tertiary/aromatic N) is 2. The average Bonchev–Trinajstić information content (AvgIpc) is 4.05. The summed E-state index contributed by atoms with van der Waals surface area (Å²) in [6.45, 7) is 3.17. The number of ether oxygens (including phenoxy) is 1. The van der Waals surface area contributed by atoms with Gasteiger partial charge in [0.1, 0.15) is 11.2 Å². The van der Waals surface area contributed by atoms with Crippen molar-refractivity contribution in [2.75, 3.05) is 9.80 Å². The van der Waals surface area contributed by atoms with Crippen LogP contribution in [0.1, 0.15) is 16.7 Å². The topological polar surface area (TPSA) is 28.9 Å². The molecular formula is C79H56N2O2. The molecular weight excluding hydrogens is 1010 g/mol. The van der Waals surface area contributed by atoms with E-state index < -0.39 is 0 Å². The van der Waals surface area contributed by atoms with Crippen molar-refractivity contribution in [2.24, 2.45) is 0 Å². The normalized spacial score (nSPS) is 11.6. The molecule has 0 aliphatic rings. The van der Waals surface area contributed by atoms with Crippen molar-refractivity contribution in [3.05, 3.63) is 314 Å².